The third-order valence-corrected chi connectivity index (χ3v) is 9.36. The van der Waals surface area contributed by atoms with Crippen LogP contribution in [0.4, 0.5) is 0 Å². The molecule has 0 saturated heterocycles. The van der Waals surface area contributed by atoms with Crippen LogP contribution in [0.5, 0.6) is 0 Å². The van der Waals surface area contributed by atoms with E-state index in [0.29, 0.717) is 17.5 Å². The van der Waals surface area contributed by atoms with E-state index in [9.17, 15) is 0 Å². The summed E-state index contributed by atoms with van der Waals surface area (Å²) >= 11 is 0. The molecule has 6 aromatic carbocycles. The van der Waals surface area contributed by atoms with Crippen molar-refractivity contribution in [3.63, 3.8) is 0 Å². The van der Waals surface area contributed by atoms with Crippen molar-refractivity contribution in [3.05, 3.63) is 145 Å². The highest BCUT2D eigenvalue weighted by Gasteiger charge is 2.22. The van der Waals surface area contributed by atoms with Crippen LogP contribution in [0.25, 0.3) is 94.4 Å². The lowest BCUT2D eigenvalue weighted by molar-refractivity contribution is 0.669. The summed E-state index contributed by atoms with van der Waals surface area (Å²) in [6.45, 7) is 0. The van der Waals surface area contributed by atoms with Crippen molar-refractivity contribution >= 4 is 60.2 Å². The predicted octanol–water partition coefficient (Wildman–Crippen LogP) is 11.6. The highest BCUT2D eigenvalue weighted by molar-refractivity contribution is 6.21. The summed E-state index contributed by atoms with van der Waals surface area (Å²) in [6.07, 6.45) is 8.93. The number of aromatic nitrogens is 3. The van der Waals surface area contributed by atoms with Crippen molar-refractivity contribution in [2.24, 2.45) is 0 Å². The second-order valence-electron chi connectivity index (χ2n) is 12.2. The van der Waals surface area contributed by atoms with Crippen LogP contribution in [0.15, 0.2) is 148 Å². The molecule has 0 aliphatic heterocycles. The van der Waals surface area contributed by atoms with E-state index >= 15 is 0 Å². The van der Waals surface area contributed by atoms with Crippen molar-refractivity contribution in [1.82, 2.24) is 15.0 Å². The van der Waals surface area contributed by atoms with E-state index in [-0.39, 0.29) is 0 Å². The lowest BCUT2D eigenvalue weighted by atomic mass is 9.92. The number of fused-ring (bicyclic) bond motifs is 8. The molecular formula is C43H27N3O2. The monoisotopic (exact) mass is 617 g/mol. The minimum Gasteiger partial charge on any atom is -0.456 e. The van der Waals surface area contributed by atoms with Gasteiger partial charge in [-0.05, 0) is 53.6 Å². The summed E-state index contributed by atoms with van der Waals surface area (Å²) in [5.41, 5.74) is 8.43. The second kappa shape index (κ2) is 10.6. The van der Waals surface area contributed by atoms with Gasteiger partial charge in [-0.2, -0.15) is 0 Å². The van der Waals surface area contributed by atoms with Crippen molar-refractivity contribution in [1.29, 1.82) is 0 Å². The maximum absolute atomic E-state index is 6.67. The van der Waals surface area contributed by atoms with Gasteiger partial charge >= 0.3 is 0 Å². The molecular weight excluding hydrogens is 590 g/mol. The van der Waals surface area contributed by atoms with Crippen molar-refractivity contribution in [3.8, 4) is 34.2 Å². The van der Waals surface area contributed by atoms with Crippen molar-refractivity contribution in [2.45, 2.75) is 12.8 Å². The first-order valence-electron chi connectivity index (χ1n) is 16.3. The highest BCUT2D eigenvalue weighted by atomic mass is 16.3. The first kappa shape index (κ1) is 26.8. The van der Waals surface area contributed by atoms with Crippen LogP contribution >= 0.6 is 0 Å². The molecule has 3 heterocycles. The summed E-state index contributed by atoms with van der Waals surface area (Å²) in [7, 11) is 0. The van der Waals surface area contributed by atoms with Crippen molar-refractivity contribution < 1.29 is 8.83 Å². The molecule has 0 atom stereocenters. The molecule has 0 radical (unpaired) electrons. The van der Waals surface area contributed by atoms with Crippen LogP contribution in [0.3, 0.4) is 0 Å². The van der Waals surface area contributed by atoms with Gasteiger partial charge in [0.05, 0.1) is 0 Å². The number of allylic oxidation sites excluding steroid dienone is 4. The third kappa shape index (κ3) is 4.14. The molecule has 226 valence electrons. The number of benzene rings is 6. The molecule has 0 bridgehead atoms. The van der Waals surface area contributed by atoms with Gasteiger partial charge in [-0.15, -0.1) is 0 Å². The fourth-order valence-electron chi connectivity index (χ4n) is 7.18. The van der Waals surface area contributed by atoms with E-state index in [1.807, 2.05) is 72.8 Å². The first-order chi connectivity index (χ1) is 23.8. The number of furan rings is 2. The largest absolute Gasteiger partial charge is 0.456 e. The van der Waals surface area contributed by atoms with E-state index in [4.69, 9.17) is 23.8 Å². The number of para-hydroxylation sites is 1. The molecule has 10 rings (SSSR count). The van der Waals surface area contributed by atoms with Crippen LogP contribution in [0, 0.1) is 0 Å². The second-order valence-corrected chi connectivity index (χ2v) is 12.2. The molecule has 9 aromatic rings. The van der Waals surface area contributed by atoms with E-state index < -0.39 is 0 Å². The van der Waals surface area contributed by atoms with Gasteiger partial charge < -0.3 is 8.83 Å². The highest BCUT2D eigenvalue weighted by Crippen LogP contribution is 2.43. The Morgan fingerprint density at radius 2 is 1.08 bits per heavy atom. The Hall–Kier alpha value is -6.33. The fraction of sp³-hybridized carbons (Fsp3) is 0.0465. The molecule has 0 spiro atoms. The molecule has 0 N–H and O–H groups in total. The zero-order valence-electron chi connectivity index (χ0n) is 25.9. The summed E-state index contributed by atoms with van der Waals surface area (Å²) in [5, 5.41) is 6.31. The van der Waals surface area contributed by atoms with E-state index in [0.717, 1.165) is 78.8 Å². The van der Waals surface area contributed by atoms with Gasteiger partial charge in [-0.1, -0.05) is 115 Å². The van der Waals surface area contributed by atoms with Gasteiger partial charge in [0.2, 0.25) is 0 Å². The molecule has 0 amide bonds. The predicted molar refractivity (Wildman–Crippen MR) is 195 cm³/mol. The standard InChI is InChI=1S/C43H27N3O2/c1-3-13-26(14-4-1)33-25-34-39-32(21-12-24-37(39)48-40(34)29-18-8-7-17-28(29)33)43-45-41(27-15-5-2-6-16-27)44-42(46-43)31-20-11-23-36-38(31)30-19-9-10-22-35(30)47-36/h2-3,5-25H,1,4H2. The fourth-order valence-corrected chi connectivity index (χ4v) is 7.18. The summed E-state index contributed by atoms with van der Waals surface area (Å²) in [4.78, 5) is 15.4. The van der Waals surface area contributed by atoms with Gasteiger partial charge in [0, 0.05) is 43.6 Å². The first-order valence-corrected chi connectivity index (χ1v) is 16.3. The van der Waals surface area contributed by atoms with Gasteiger partial charge in [0.1, 0.15) is 22.3 Å². The minimum atomic E-state index is 0.587. The normalized spacial score (nSPS) is 13.3. The SMILES string of the molecule is C1=CC(c2cc3c(oc4cccc(-c5nc(-c6ccccc6)nc(-c6cccc7oc8ccccc8c67)n5)c43)c3ccccc23)=CCC1. The molecule has 5 heteroatoms. The molecule has 0 fully saturated rings. The quantitative estimate of drug-likeness (QED) is 0.197. The molecule has 1 aliphatic rings. The Labute approximate surface area is 275 Å². The van der Waals surface area contributed by atoms with Crippen LogP contribution < -0.4 is 0 Å². The number of hydrogen-bond acceptors (Lipinski definition) is 5. The van der Waals surface area contributed by atoms with Crippen LogP contribution in [0.2, 0.25) is 0 Å². The average molecular weight is 618 g/mol. The van der Waals surface area contributed by atoms with Gasteiger partial charge in [-0.3, -0.25) is 0 Å². The van der Waals surface area contributed by atoms with Crippen LogP contribution in [-0.2, 0) is 0 Å². The Bertz CT molecular complexity index is 2790. The van der Waals surface area contributed by atoms with E-state index in [1.165, 1.54) is 16.5 Å². The molecule has 5 nitrogen and oxygen atoms in total. The average Bonchev–Trinajstić information content (AvgIpc) is 3.74. The van der Waals surface area contributed by atoms with Crippen LogP contribution in [-0.4, -0.2) is 15.0 Å². The summed E-state index contributed by atoms with van der Waals surface area (Å²) < 4.78 is 12.9. The maximum atomic E-state index is 6.67. The number of hydrogen-bond donors (Lipinski definition) is 0. The Morgan fingerprint density at radius 1 is 0.458 bits per heavy atom. The molecule has 0 saturated carbocycles. The molecule has 0 unspecified atom stereocenters. The smallest absolute Gasteiger partial charge is 0.164 e. The Balaban J connectivity index is 1.28. The lowest BCUT2D eigenvalue weighted by Gasteiger charge is -2.12. The van der Waals surface area contributed by atoms with E-state index in [2.05, 4.69) is 66.8 Å². The van der Waals surface area contributed by atoms with E-state index in [1.54, 1.807) is 0 Å². The third-order valence-electron chi connectivity index (χ3n) is 9.36. The topological polar surface area (TPSA) is 65.0 Å². The minimum absolute atomic E-state index is 0.587. The molecule has 1 aliphatic carbocycles. The Kier molecular flexibility index (Phi) is 5.93. The molecule has 48 heavy (non-hydrogen) atoms. The van der Waals surface area contributed by atoms with Crippen LogP contribution in [0.1, 0.15) is 18.4 Å². The zero-order chi connectivity index (χ0) is 31.6. The lowest BCUT2D eigenvalue weighted by Crippen LogP contribution is -2.00. The van der Waals surface area contributed by atoms with Gasteiger partial charge in [-0.25, -0.2) is 15.0 Å². The maximum Gasteiger partial charge on any atom is 0.164 e. The molecule has 3 aromatic heterocycles. The Morgan fingerprint density at radius 3 is 1.83 bits per heavy atom. The summed E-state index contributed by atoms with van der Waals surface area (Å²) in [6, 6.07) is 41.2. The van der Waals surface area contributed by atoms with Gasteiger partial charge in [0.25, 0.3) is 0 Å². The zero-order valence-corrected chi connectivity index (χ0v) is 25.9. The number of rotatable bonds is 4. The summed E-state index contributed by atoms with van der Waals surface area (Å²) in [5.74, 6) is 1.78. The van der Waals surface area contributed by atoms with Crippen molar-refractivity contribution in [2.75, 3.05) is 0 Å². The van der Waals surface area contributed by atoms with Gasteiger partial charge in [0.15, 0.2) is 17.5 Å². The number of nitrogens with zero attached hydrogens (tertiary/aromatic N) is 3.